The predicted molar refractivity (Wildman–Crippen MR) is 69.9 cm³/mol. The summed E-state index contributed by atoms with van der Waals surface area (Å²) in [4.78, 5) is 0. The van der Waals surface area contributed by atoms with Gasteiger partial charge in [-0.1, -0.05) is 31.5 Å². The molecule has 90 valence electrons. The minimum Gasteiger partial charge on any atom is -0.385 e. The maximum atomic E-state index is 5.68. The molecule has 16 heavy (non-hydrogen) atoms. The number of hydrogen-bond acceptors (Lipinski definition) is 2. The van der Waals surface area contributed by atoms with E-state index < -0.39 is 0 Å². The third-order valence-electron chi connectivity index (χ3n) is 2.52. The number of nitrogens with one attached hydrogen (secondary N) is 1. The molecule has 0 bridgehead atoms. The van der Waals surface area contributed by atoms with Crippen LogP contribution >= 0.6 is 0 Å². The van der Waals surface area contributed by atoms with Gasteiger partial charge in [0.15, 0.2) is 0 Å². The number of benzene rings is 1. The van der Waals surface area contributed by atoms with Crippen molar-refractivity contribution in [2.24, 2.45) is 0 Å². The van der Waals surface area contributed by atoms with E-state index in [2.05, 4.69) is 31.3 Å². The summed E-state index contributed by atoms with van der Waals surface area (Å²) in [6.07, 6.45) is 3.82. The fraction of sp³-hybridized carbons (Fsp3) is 0.571. The molecule has 0 saturated heterocycles. The molecule has 0 radical (unpaired) electrons. The Bertz CT molecular complexity index is 261. The van der Waals surface area contributed by atoms with Gasteiger partial charge in [-0.25, -0.2) is 0 Å². The van der Waals surface area contributed by atoms with Crippen molar-refractivity contribution in [1.82, 2.24) is 0 Å². The van der Waals surface area contributed by atoms with E-state index in [9.17, 15) is 0 Å². The third kappa shape index (κ3) is 5.76. The van der Waals surface area contributed by atoms with Crippen LogP contribution in [0.1, 0.15) is 33.1 Å². The van der Waals surface area contributed by atoms with E-state index in [4.69, 9.17) is 4.74 Å². The molecular weight excluding hydrogens is 198 g/mol. The molecule has 0 spiro atoms. The average molecular weight is 221 g/mol. The second kappa shape index (κ2) is 8.17. The molecule has 0 aromatic heterocycles. The lowest BCUT2D eigenvalue weighted by atomic mass is 10.2. The monoisotopic (exact) mass is 221 g/mol. The van der Waals surface area contributed by atoms with E-state index in [-0.39, 0.29) is 0 Å². The summed E-state index contributed by atoms with van der Waals surface area (Å²) in [5.74, 6) is 0. The lowest BCUT2D eigenvalue weighted by Gasteiger charge is -2.12. The summed E-state index contributed by atoms with van der Waals surface area (Å²) < 4.78 is 5.68. The zero-order valence-electron chi connectivity index (χ0n) is 10.4. The Labute approximate surface area is 99.0 Å². The van der Waals surface area contributed by atoms with E-state index >= 15 is 0 Å². The zero-order valence-corrected chi connectivity index (χ0v) is 10.4. The highest BCUT2D eigenvalue weighted by Gasteiger charge is 1.99. The van der Waals surface area contributed by atoms with Crippen molar-refractivity contribution in [3.63, 3.8) is 0 Å². The van der Waals surface area contributed by atoms with Crippen LogP contribution in [-0.2, 0) is 4.74 Å². The molecule has 0 aliphatic heterocycles. The summed E-state index contributed by atoms with van der Waals surface area (Å²) in [6.45, 7) is 6.16. The molecule has 1 aromatic rings. The van der Waals surface area contributed by atoms with Crippen molar-refractivity contribution < 1.29 is 4.74 Å². The van der Waals surface area contributed by atoms with Crippen LogP contribution in [0.4, 0.5) is 5.69 Å². The Morgan fingerprint density at radius 2 is 2.00 bits per heavy atom. The quantitative estimate of drug-likeness (QED) is 0.676. The van der Waals surface area contributed by atoms with Gasteiger partial charge in [-0.3, -0.25) is 0 Å². The van der Waals surface area contributed by atoms with E-state index in [0.717, 1.165) is 26.0 Å². The third-order valence-corrected chi connectivity index (χ3v) is 2.52. The lowest BCUT2D eigenvalue weighted by molar-refractivity contribution is 0.0597. The molecule has 1 N–H and O–H groups in total. The minimum atomic E-state index is 0.404. The van der Waals surface area contributed by atoms with Crippen LogP contribution in [0.2, 0.25) is 0 Å². The van der Waals surface area contributed by atoms with Gasteiger partial charge in [-0.05, 0) is 31.9 Å². The molecule has 1 atom stereocenters. The SMILES string of the molecule is CCCC(C)OCCCNc1ccccc1. The molecule has 0 heterocycles. The minimum absolute atomic E-state index is 0.404. The van der Waals surface area contributed by atoms with Gasteiger partial charge in [0, 0.05) is 18.8 Å². The van der Waals surface area contributed by atoms with E-state index in [1.54, 1.807) is 0 Å². The van der Waals surface area contributed by atoms with Crippen LogP contribution in [0.3, 0.4) is 0 Å². The van der Waals surface area contributed by atoms with Crippen molar-refractivity contribution in [2.45, 2.75) is 39.2 Å². The molecule has 2 heteroatoms. The number of ether oxygens (including phenoxy) is 1. The van der Waals surface area contributed by atoms with E-state index in [0.29, 0.717) is 6.10 Å². The normalized spacial score (nSPS) is 12.4. The van der Waals surface area contributed by atoms with Gasteiger partial charge in [0.2, 0.25) is 0 Å². The molecule has 0 saturated carbocycles. The van der Waals surface area contributed by atoms with Crippen molar-refractivity contribution in [3.05, 3.63) is 30.3 Å². The van der Waals surface area contributed by atoms with Crippen LogP contribution in [-0.4, -0.2) is 19.3 Å². The first-order valence-electron chi connectivity index (χ1n) is 6.23. The van der Waals surface area contributed by atoms with Gasteiger partial charge >= 0.3 is 0 Å². The Kier molecular flexibility index (Phi) is 6.66. The number of anilines is 1. The molecule has 0 aliphatic carbocycles. The highest BCUT2D eigenvalue weighted by atomic mass is 16.5. The highest BCUT2D eigenvalue weighted by molar-refractivity contribution is 5.42. The summed E-state index contributed by atoms with van der Waals surface area (Å²) in [7, 11) is 0. The molecule has 2 nitrogen and oxygen atoms in total. The molecule has 1 aromatic carbocycles. The Morgan fingerprint density at radius 1 is 1.25 bits per heavy atom. The average Bonchev–Trinajstić information content (AvgIpc) is 2.30. The first-order chi connectivity index (χ1) is 7.83. The largest absolute Gasteiger partial charge is 0.385 e. The second-order valence-electron chi connectivity index (χ2n) is 4.12. The topological polar surface area (TPSA) is 21.3 Å². The molecule has 1 unspecified atom stereocenters. The van der Waals surface area contributed by atoms with E-state index in [1.807, 2.05) is 18.2 Å². The fourth-order valence-corrected chi connectivity index (χ4v) is 1.64. The van der Waals surface area contributed by atoms with E-state index in [1.165, 1.54) is 12.1 Å². The van der Waals surface area contributed by atoms with Crippen LogP contribution < -0.4 is 5.32 Å². The van der Waals surface area contributed by atoms with Gasteiger partial charge in [-0.15, -0.1) is 0 Å². The van der Waals surface area contributed by atoms with Gasteiger partial charge in [0.1, 0.15) is 0 Å². The first kappa shape index (κ1) is 13.0. The van der Waals surface area contributed by atoms with Crippen molar-refractivity contribution in [2.75, 3.05) is 18.5 Å². The summed E-state index contributed by atoms with van der Waals surface area (Å²) in [5, 5.41) is 3.37. The Morgan fingerprint density at radius 3 is 2.69 bits per heavy atom. The summed E-state index contributed by atoms with van der Waals surface area (Å²) >= 11 is 0. The molecular formula is C14H23NO. The van der Waals surface area contributed by atoms with Crippen LogP contribution in [0.5, 0.6) is 0 Å². The van der Waals surface area contributed by atoms with Crippen LogP contribution in [0.25, 0.3) is 0 Å². The number of para-hydroxylation sites is 1. The number of rotatable bonds is 8. The molecule has 0 amide bonds. The fourth-order valence-electron chi connectivity index (χ4n) is 1.64. The van der Waals surface area contributed by atoms with Gasteiger partial charge < -0.3 is 10.1 Å². The zero-order chi connectivity index (χ0) is 11.6. The second-order valence-corrected chi connectivity index (χ2v) is 4.12. The predicted octanol–water partition coefficient (Wildman–Crippen LogP) is 3.69. The van der Waals surface area contributed by atoms with Crippen molar-refractivity contribution >= 4 is 5.69 Å². The van der Waals surface area contributed by atoms with Crippen molar-refractivity contribution in [1.29, 1.82) is 0 Å². The molecule has 0 aliphatic rings. The Balaban J connectivity index is 2.00. The maximum absolute atomic E-state index is 5.68. The number of hydrogen-bond donors (Lipinski definition) is 1. The highest BCUT2D eigenvalue weighted by Crippen LogP contribution is 2.05. The smallest absolute Gasteiger partial charge is 0.0546 e. The molecule has 1 rings (SSSR count). The van der Waals surface area contributed by atoms with Crippen LogP contribution in [0, 0.1) is 0 Å². The van der Waals surface area contributed by atoms with Crippen molar-refractivity contribution in [3.8, 4) is 0 Å². The maximum Gasteiger partial charge on any atom is 0.0546 e. The standard InChI is InChI=1S/C14H23NO/c1-3-8-13(2)16-12-7-11-15-14-9-5-4-6-10-14/h4-6,9-10,13,15H,3,7-8,11-12H2,1-2H3. The van der Waals surface area contributed by atoms with Gasteiger partial charge in [-0.2, -0.15) is 0 Å². The Hall–Kier alpha value is -1.02. The van der Waals surface area contributed by atoms with Gasteiger partial charge in [0.25, 0.3) is 0 Å². The first-order valence-corrected chi connectivity index (χ1v) is 6.23. The van der Waals surface area contributed by atoms with Crippen LogP contribution in [0.15, 0.2) is 30.3 Å². The summed E-state index contributed by atoms with van der Waals surface area (Å²) in [6, 6.07) is 10.3. The lowest BCUT2D eigenvalue weighted by Crippen LogP contribution is -2.11. The summed E-state index contributed by atoms with van der Waals surface area (Å²) in [5.41, 5.74) is 1.18. The molecule has 0 fully saturated rings. The van der Waals surface area contributed by atoms with Gasteiger partial charge in [0.05, 0.1) is 6.10 Å².